The number of rotatable bonds is 6. The largest absolute Gasteiger partial charge is 0.392 e. The zero-order chi connectivity index (χ0) is 14.1. The summed E-state index contributed by atoms with van der Waals surface area (Å²) in [6, 6.07) is 1.52. The minimum absolute atomic E-state index is 0.0376. The molecule has 1 saturated carbocycles. The van der Waals surface area contributed by atoms with Crippen LogP contribution >= 0.6 is 11.3 Å². The maximum atomic E-state index is 12.2. The standard InChI is InChI=1S/C12H20N2O3S2/c1-14(2)12(4-3-5-12)9-13-19(16,17)11-6-10(7-15)8-18-11/h6,8,13,15H,3-5,7,9H2,1-2H3. The van der Waals surface area contributed by atoms with Crippen LogP contribution in [0, 0.1) is 0 Å². The third kappa shape index (κ3) is 3.00. The number of aliphatic hydroxyl groups is 1. The molecule has 0 atom stereocenters. The van der Waals surface area contributed by atoms with E-state index in [1.807, 2.05) is 14.1 Å². The van der Waals surface area contributed by atoms with Gasteiger partial charge in [0.2, 0.25) is 10.0 Å². The van der Waals surface area contributed by atoms with E-state index >= 15 is 0 Å². The van der Waals surface area contributed by atoms with Crippen molar-refractivity contribution < 1.29 is 13.5 Å². The van der Waals surface area contributed by atoms with Crippen molar-refractivity contribution in [1.82, 2.24) is 9.62 Å². The maximum Gasteiger partial charge on any atom is 0.250 e. The maximum absolute atomic E-state index is 12.2. The molecule has 19 heavy (non-hydrogen) atoms. The molecule has 0 unspecified atom stereocenters. The summed E-state index contributed by atoms with van der Waals surface area (Å²) in [5.74, 6) is 0. The Kier molecular flexibility index (Phi) is 4.32. The number of thiophene rings is 1. The van der Waals surface area contributed by atoms with E-state index in [2.05, 4.69) is 9.62 Å². The Hall–Kier alpha value is -0.470. The van der Waals surface area contributed by atoms with E-state index in [4.69, 9.17) is 5.11 Å². The van der Waals surface area contributed by atoms with Crippen molar-refractivity contribution in [3.8, 4) is 0 Å². The summed E-state index contributed by atoms with van der Waals surface area (Å²) >= 11 is 1.14. The molecule has 5 nitrogen and oxygen atoms in total. The van der Waals surface area contributed by atoms with Gasteiger partial charge in [-0.1, -0.05) is 0 Å². The van der Waals surface area contributed by atoms with Crippen molar-refractivity contribution in [2.45, 2.75) is 35.6 Å². The smallest absolute Gasteiger partial charge is 0.250 e. The van der Waals surface area contributed by atoms with Crippen LogP contribution in [0.1, 0.15) is 24.8 Å². The highest BCUT2D eigenvalue weighted by molar-refractivity contribution is 7.91. The van der Waals surface area contributed by atoms with Gasteiger partial charge >= 0.3 is 0 Å². The summed E-state index contributed by atoms with van der Waals surface area (Å²) in [6.45, 7) is 0.308. The summed E-state index contributed by atoms with van der Waals surface area (Å²) in [5.41, 5.74) is 0.598. The topological polar surface area (TPSA) is 69.6 Å². The Balaban J connectivity index is 2.05. The molecule has 1 aliphatic rings. The first-order valence-electron chi connectivity index (χ1n) is 6.25. The number of hydrogen-bond donors (Lipinski definition) is 2. The van der Waals surface area contributed by atoms with Gasteiger partial charge in [0.25, 0.3) is 0 Å². The molecule has 7 heteroatoms. The zero-order valence-electron chi connectivity index (χ0n) is 11.2. The first-order chi connectivity index (χ1) is 8.89. The molecule has 2 rings (SSSR count). The lowest BCUT2D eigenvalue weighted by molar-refractivity contribution is 0.0657. The molecule has 1 fully saturated rings. The summed E-state index contributed by atoms with van der Waals surface area (Å²) in [4.78, 5) is 2.10. The molecule has 0 saturated heterocycles. The van der Waals surface area contributed by atoms with Crippen LogP contribution in [0.3, 0.4) is 0 Å². The van der Waals surface area contributed by atoms with Gasteiger partial charge in [0.1, 0.15) is 4.21 Å². The lowest BCUT2D eigenvalue weighted by Crippen LogP contribution is -2.57. The van der Waals surface area contributed by atoms with Crippen LogP contribution < -0.4 is 4.72 Å². The Bertz CT molecular complexity index is 533. The van der Waals surface area contributed by atoms with Crippen molar-refractivity contribution in [1.29, 1.82) is 0 Å². The minimum Gasteiger partial charge on any atom is -0.392 e. The molecule has 0 spiro atoms. The van der Waals surface area contributed by atoms with E-state index in [1.165, 1.54) is 6.07 Å². The highest BCUT2D eigenvalue weighted by Crippen LogP contribution is 2.35. The molecule has 0 aliphatic heterocycles. The first kappa shape index (κ1) is 14.9. The number of likely N-dealkylation sites (N-methyl/N-ethyl adjacent to an activating group) is 1. The molecule has 0 bridgehead atoms. The van der Waals surface area contributed by atoms with Gasteiger partial charge < -0.3 is 10.0 Å². The summed E-state index contributed by atoms with van der Waals surface area (Å²) < 4.78 is 27.3. The normalized spacial score (nSPS) is 18.5. The van der Waals surface area contributed by atoms with Gasteiger partial charge in [-0.15, -0.1) is 11.3 Å². The molecule has 0 amide bonds. The highest BCUT2D eigenvalue weighted by atomic mass is 32.2. The number of nitrogens with one attached hydrogen (secondary N) is 1. The van der Waals surface area contributed by atoms with Gasteiger partial charge in [0, 0.05) is 12.1 Å². The van der Waals surface area contributed by atoms with E-state index in [0.717, 1.165) is 30.6 Å². The van der Waals surface area contributed by atoms with Gasteiger partial charge in [0.05, 0.1) is 6.61 Å². The van der Waals surface area contributed by atoms with Crippen LogP contribution in [0.2, 0.25) is 0 Å². The molecule has 108 valence electrons. The van der Waals surface area contributed by atoms with Crippen molar-refractivity contribution >= 4 is 21.4 Å². The second-order valence-electron chi connectivity index (χ2n) is 5.23. The fraction of sp³-hybridized carbons (Fsp3) is 0.667. The highest BCUT2D eigenvalue weighted by Gasteiger charge is 2.39. The molecule has 2 N–H and O–H groups in total. The SMILES string of the molecule is CN(C)C1(CNS(=O)(=O)c2cc(CO)cs2)CCC1. The molecule has 1 aromatic heterocycles. The Morgan fingerprint density at radius 2 is 2.16 bits per heavy atom. The summed E-state index contributed by atoms with van der Waals surface area (Å²) in [5, 5.41) is 10.6. The number of aliphatic hydroxyl groups excluding tert-OH is 1. The van der Waals surface area contributed by atoms with Crippen LogP contribution in [-0.4, -0.2) is 44.6 Å². The van der Waals surface area contributed by atoms with Crippen LogP contribution in [0.4, 0.5) is 0 Å². The average molecular weight is 304 g/mol. The first-order valence-corrected chi connectivity index (χ1v) is 8.61. The number of hydrogen-bond acceptors (Lipinski definition) is 5. The monoisotopic (exact) mass is 304 g/mol. The van der Waals surface area contributed by atoms with Crippen molar-refractivity contribution in [3.63, 3.8) is 0 Å². The molecule has 0 aromatic carbocycles. The second kappa shape index (κ2) is 5.49. The number of sulfonamides is 1. The fourth-order valence-corrected chi connectivity index (χ4v) is 4.61. The van der Waals surface area contributed by atoms with E-state index in [0.29, 0.717) is 12.1 Å². The molecule has 1 aromatic rings. The van der Waals surface area contributed by atoms with E-state index in [9.17, 15) is 8.42 Å². The zero-order valence-corrected chi connectivity index (χ0v) is 12.9. The Labute approximate surface area is 118 Å². The predicted octanol–water partition coefficient (Wildman–Crippen LogP) is 1.00. The van der Waals surface area contributed by atoms with Crippen LogP contribution in [0.25, 0.3) is 0 Å². The Morgan fingerprint density at radius 1 is 1.47 bits per heavy atom. The van der Waals surface area contributed by atoms with Gasteiger partial charge in [-0.25, -0.2) is 13.1 Å². The van der Waals surface area contributed by atoms with E-state index in [-0.39, 0.29) is 16.4 Å². The van der Waals surface area contributed by atoms with Crippen molar-refractivity contribution in [2.24, 2.45) is 0 Å². The Morgan fingerprint density at radius 3 is 2.58 bits per heavy atom. The third-order valence-electron chi connectivity index (χ3n) is 3.90. The molecule has 1 heterocycles. The van der Waals surface area contributed by atoms with Gasteiger partial charge in [-0.2, -0.15) is 0 Å². The van der Waals surface area contributed by atoms with Crippen molar-refractivity contribution in [2.75, 3.05) is 20.6 Å². The predicted molar refractivity (Wildman–Crippen MR) is 75.7 cm³/mol. The van der Waals surface area contributed by atoms with Gasteiger partial charge in [-0.3, -0.25) is 0 Å². The third-order valence-corrected chi connectivity index (χ3v) is 6.79. The molecule has 1 aliphatic carbocycles. The van der Waals surface area contributed by atoms with Crippen LogP contribution in [0.5, 0.6) is 0 Å². The van der Waals surface area contributed by atoms with Gasteiger partial charge in [-0.05, 0) is 50.4 Å². The van der Waals surface area contributed by atoms with Crippen LogP contribution in [-0.2, 0) is 16.6 Å². The second-order valence-corrected chi connectivity index (χ2v) is 8.13. The lowest BCUT2D eigenvalue weighted by Gasteiger charge is -2.47. The number of nitrogens with zero attached hydrogens (tertiary/aromatic N) is 1. The van der Waals surface area contributed by atoms with Gasteiger partial charge in [0.15, 0.2) is 0 Å². The minimum atomic E-state index is -3.46. The summed E-state index contributed by atoms with van der Waals surface area (Å²) in [7, 11) is 0.515. The van der Waals surface area contributed by atoms with Crippen LogP contribution in [0.15, 0.2) is 15.7 Å². The van der Waals surface area contributed by atoms with Crippen molar-refractivity contribution in [3.05, 3.63) is 17.0 Å². The quantitative estimate of drug-likeness (QED) is 0.823. The average Bonchev–Trinajstić information content (AvgIpc) is 2.76. The molecular formula is C12H20N2O3S2. The molecule has 0 radical (unpaired) electrons. The fourth-order valence-electron chi connectivity index (χ4n) is 2.24. The van der Waals surface area contributed by atoms with E-state index in [1.54, 1.807) is 5.38 Å². The lowest BCUT2D eigenvalue weighted by atomic mass is 9.76. The van der Waals surface area contributed by atoms with E-state index < -0.39 is 10.0 Å². The summed E-state index contributed by atoms with van der Waals surface area (Å²) in [6.07, 6.45) is 3.19. The molecular weight excluding hydrogens is 284 g/mol.